The van der Waals surface area contributed by atoms with Crippen molar-refractivity contribution in [2.45, 2.75) is 13.0 Å². The highest BCUT2D eigenvalue weighted by molar-refractivity contribution is 9.10. The molecule has 2 nitrogen and oxygen atoms in total. The van der Waals surface area contributed by atoms with Crippen molar-refractivity contribution in [3.8, 4) is 6.07 Å². The Balaban J connectivity index is 2.77. The second-order valence-corrected chi connectivity index (χ2v) is 5.17. The van der Waals surface area contributed by atoms with Crippen molar-refractivity contribution in [3.63, 3.8) is 0 Å². The number of benzene rings is 1. The zero-order valence-corrected chi connectivity index (χ0v) is 11.2. The first-order valence-corrected chi connectivity index (χ1v) is 6.80. The Kier molecular flexibility index (Phi) is 5.00. The van der Waals surface area contributed by atoms with E-state index < -0.39 is 0 Å². The van der Waals surface area contributed by atoms with E-state index in [1.807, 2.05) is 18.2 Å². The third kappa shape index (κ3) is 4.15. The fraction of sp³-hybridized carbons (Fsp3) is 0.364. The molecule has 0 heterocycles. The summed E-state index contributed by atoms with van der Waals surface area (Å²) >= 11 is 5.19. The van der Waals surface area contributed by atoms with Crippen LogP contribution in [0.5, 0.6) is 0 Å². The molecule has 0 saturated carbocycles. The highest BCUT2D eigenvalue weighted by Gasteiger charge is 2.03. The molecule has 0 fully saturated rings. The number of rotatable bonds is 4. The molecule has 0 aliphatic heterocycles. The van der Waals surface area contributed by atoms with Crippen LogP contribution in [0.25, 0.3) is 0 Å². The van der Waals surface area contributed by atoms with Gasteiger partial charge in [-0.3, -0.25) is 0 Å². The number of halogens is 1. The van der Waals surface area contributed by atoms with Gasteiger partial charge in [-0.2, -0.15) is 17.0 Å². The second kappa shape index (κ2) is 6.04. The van der Waals surface area contributed by atoms with E-state index in [2.05, 4.69) is 40.5 Å². The smallest absolute Gasteiger partial charge is 0.0992 e. The first-order chi connectivity index (χ1) is 7.15. The molecule has 1 aromatic rings. The topological polar surface area (TPSA) is 35.8 Å². The number of nitriles is 1. The molecule has 1 atom stereocenters. The number of nitrogens with one attached hydrogen (secondary N) is 1. The number of hydrogen-bond acceptors (Lipinski definition) is 3. The van der Waals surface area contributed by atoms with E-state index >= 15 is 0 Å². The Hall–Kier alpha value is -0.660. The molecule has 0 aromatic heterocycles. The predicted molar refractivity (Wildman–Crippen MR) is 70.3 cm³/mol. The summed E-state index contributed by atoms with van der Waals surface area (Å²) in [5.41, 5.74) is 1.66. The molecule has 0 spiro atoms. The summed E-state index contributed by atoms with van der Waals surface area (Å²) < 4.78 is 0.931. The van der Waals surface area contributed by atoms with Crippen LogP contribution in [0.3, 0.4) is 0 Å². The van der Waals surface area contributed by atoms with Crippen molar-refractivity contribution < 1.29 is 0 Å². The summed E-state index contributed by atoms with van der Waals surface area (Å²) in [6.45, 7) is 2.13. The Labute approximate surface area is 103 Å². The molecule has 4 heteroatoms. The highest BCUT2D eigenvalue weighted by Crippen LogP contribution is 2.20. The summed E-state index contributed by atoms with van der Waals surface area (Å²) in [4.78, 5) is 0. The van der Waals surface area contributed by atoms with Crippen LogP contribution in [0.1, 0.15) is 12.5 Å². The van der Waals surface area contributed by atoms with Crippen LogP contribution in [-0.2, 0) is 0 Å². The molecule has 0 aliphatic rings. The zero-order valence-electron chi connectivity index (χ0n) is 8.75. The van der Waals surface area contributed by atoms with Gasteiger partial charge in [-0.25, -0.2) is 0 Å². The van der Waals surface area contributed by atoms with Crippen LogP contribution >= 0.6 is 27.7 Å². The van der Waals surface area contributed by atoms with Gasteiger partial charge in [0.1, 0.15) is 0 Å². The fourth-order valence-electron chi connectivity index (χ4n) is 1.31. The van der Waals surface area contributed by atoms with Crippen molar-refractivity contribution in [1.82, 2.24) is 0 Å². The van der Waals surface area contributed by atoms with Crippen LogP contribution in [0, 0.1) is 11.3 Å². The van der Waals surface area contributed by atoms with Crippen molar-refractivity contribution in [1.29, 1.82) is 5.26 Å². The number of hydrogen-bond donors (Lipinski definition) is 1. The lowest BCUT2D eigenvalue weighted by atomic mass is 10.2. The molecular formula is C11H13BrN2S. The Morgan fingerprint density at radius 3 is 2.87 bits per heavy atom. The van der Waals surface area contributed by atoms with E-state index in [-0.39, 0.29) is 0 Å². The lowest BCUT2D eigenvalue weighted by Crippen LogP contribution is -2.17. The van der Waals surface area contributed by atoms with Gasteiger partial charge in [0.15, 0.2) is 0 Å². The van der Waals surface area contributed by atoms with E-state index in [1.54, 1.807) is 11.8 Å². The zero-order chi connectivity index (χ0) is 11.3. The maximum atomic E-state index is 8.82. The van der Waals surface area contributed by atoms with Crippen LogP contribution < -0.4 is 5.32 Å². The third-order valence-corrected chi connectivity index (χ3v) is 3.15. The van der Waals surface area contributed by atoms with Crippen LogP contribution in [0.4, 0.5) is 5.69 Å². The van der Waals surface area contributed by atoms with Crippen molar-refractivity contribution in [2.75, 3.05) is 17.3 Å². The van der Waals surface area contributed by atoms with Gasteiger partial charge in [0.2, 0.25) is 0 Å². The molecular weight excluding hydrogens is 272 g/mol. The lowest BCUT2D eigenvalue weighted by molar-refractivity contribution is 0.914. The quantitative estimate of drug-likeness (QED) is 0.920. The van der Waals surface area contributed by atoms with Gasteiger partial charge in [0.05, 0.1) is 11.6 Å². The molecule has 1 N–H and O–H groups in total. The molecule has 0 radical (unpaired) electrons. The van der Waals surface area contributed by atoms with Crippen LogP contribution in [-0.4, -0.2) is 18.1 Å². The molecule has 0 bridgehead atoms. The lowest BCUT2D eigenvalue weighted by Gasteiger charge is -2.14. The molecule has 0 amide bonds. The maximum Gasteiger partial charge on any atom is 0.0992 e. The maximum absolute atomic E-state index is 8.82. The van der Waals surface area contributed by atoms with Gasteiger partial charge >= 0.3 is 0 Å². The summed E-state index contributed by atoms with van der Waals surface area (Å²) in [5, 5.41) is 12.2. The monoisotopic (exact) mass is 284 g/mol. The highest BCUT2D eigenvalue weighted by atomic mass is 79.9. The molecule has 1 unspecified atom stereocenters. The largest absolute Gasteiger partial charge is 0.382 e. The first kappa shape index (κ1) is 12.4. The molecule has 15 heavy (non-hydrogen) atoms. The molecule has 1 aromatic carbocycles. The minimum absolute atomic E-state index is 0.404. The van der Waals surface area contributed by atoms with Gasteiger partial charge in [-0.1, -0.05) is 15.9 Å². The Morgan fingerprint density at radius 2 is 2.27 bits per heavy atom. The molecule has 80 valence electrons. The molecule has 1 rings (SSSR count). The van der Waals surface area contributed by atoms with Gasteiger partial charge in [-0.15, -0.1) is 0 Å². The minimum Gasteiger partial charge on any atom is -0.382 e. The van der Waals surface area contributed by atoms with Crippen molar-refractivity contribution in [2.24, 2.45) is 0 Å². The van der Waals surface area contributed by atoms with Gasteiger partial charge in [0.25, 0.3) is 0 Å². The van der Waals surface area contributed by atoms with E-state index in [0.29, 0.717) is 11.6 Å². The second-order valence-electron chi connectivity index (χ2n) is 3.34. The van der Waals surface area contributed by atoms with Gasteiger partial charge in [0, 0.05) is 22.0 Å². The third-order valence-electron chi connectivity index (χ3n) is 1.86. The van der Waals surface area contributed by atoms with Crippen LogP contribution in [0.15, 0.2) is 22.7 Å². The minimum atomic E-state index is 0.404. The summed E-state index contributed by atoms with van der Waals surface area (Å²) in [5.74, 6) is 1.05. The van der Waals surface area contributed by atoms with E-state index in [4.69, 9.17) is 5.26 Å². The fourth-order valence-corrected chi connectivity index (χ4v) is 2.39. The molecule has 0 saturated heterocycles. The predicted octanol–water partition coefficient (Wildman–Crippen LogP) is 3.48. The Morgan fingerprint density at radius 1 is 1.53 bits per heavy atom. The van der Waals surface area contributed by atoms with E-state index in [9.17, 15) is 0 Å². The summed E-state index contributed by atoms with van der Waals surface area (Å²) in [6, 6.07) is 8.20. The standard InChI is InChI=1S/C11H13BrN2S/c1-8(7-15-2)14-11-4-9(6-13)3-10(12)5-11/h3-5,8,14H,7H2,1-2H3. The summed E-state index contributed by atoms with van der Waals surface area (Å²) in [6.07, 6.45) is 2.08. The average molecular weight is 285 g/mol. The van der Waals surface area contributed by atoms with Gasteiger partial charge in [-0.05, 0) is 31.4 Å². The van der Waals surface area contributed by atoms with Crippen molar-refractivity contribution in [3.05, 3.63) is 28.2 Å². The molecule has 0 aliphatic carbocycles. The first-order valence-electron chi connectivity index (χ1n) is 4.62. The Bertz CT molecular complexity index is 373. The van der Waals surface area contributed by atoms with Crippen LogP contribution in [0.2, 0.25) is 0 Å². The van der Waals surface area contributed by atoms with E-state index in [0.717, 1.165) is 15.9 Å². The normalized spacial score (nSPS) is 11.9. The number of nitrogens with zero attached hydrogens (tertiary/aromatic N) is 1. The number of thioether (sulfide) groups is 1. The SMILES string of the molecule is CSCC(C)Nc1cc(Br)cc(C#N)c1. The van der Waals surface area contributed by atoms with E-state index in [1.165, 1.54) is 0 Å². The van der Waals surface area contributed by atoms with Gasteiger partial charge < -0.3 is 5.32 Å². The van der Waals surface area contributed by atoms with Crippen molar-refractivity contribution >= 4 is 33.4 Å². The number of anilines is 1. The summed E-state index contributed by atoms with van der Waals surface area (Å²) in [7, 11) is 0. The average Bonchev–Trinajstić information content (AvgIpc) is 2.17.